The first-order chi connectivity index (χ1) is 12.5. The van der Waals surface area contributed by atoms with Crippen molar-refractivity contribution in [3.8, 4) is 0 Å². The van der Waals surface area contributed by atoms with Gasteiger partial charge in [-0.25, -0.2) is 0 Å². The van der Waals surface area contributed by atoms with Crippen molar-refractivity contribution in [2.75, 3.05) is 13.1 Å². The summed E-state index contributed by atoms with van der Waals surface area (Å²) in [5.41, 5.74) is 10.5. The van der Waals surface area contributed by atoms with Crippen LogP contribution < -0.4 is 27.4 Å². The molecule has 0 aromatic rings. The normalized spacial score (nSPS) is 12.3. The highest BCUT2D eigenvalue weighted by molar-refractivity contribution is 5.91. The van der Waals surface area contributed by atoms with Crippen molar-refractivity contribution in [3.63, 3.8) is 0 Å². The summed E-state index contributed by atoms with van der Waals surface area (Å²) in [6.07, 6.45) is -0.983. The van der Waals surface area contributed by atoms with E-state index in [1.54, 1.807) is 0 Å². The van der Waals surface area contributed by atoms with Gasteiger partial charge in [-0.2, -0.15) is 0 Å². The highest BCUT2D eigenvalue weighted by Crippen LogP contribution is 1.97. The van der Waals surface area contributed by atoms with Crippen LogP contribution in [0.5, 0.6) is 0 Å². The van der Waals surface area contributed by atoms with Gasteiger partial charge in [-0.05, 0) is 12.8 Å². The molecule has 0 fully saturated rings. The Kier molecular flexibility index (Phi) is 10.7. The molecule has 2 atom stereocenters. The molecule has 0 unspecified atom stereocenters. The molecular weight excluding hydrogens is 366 g/mol. The van der Waals surface area contributed by atoms with Crippen LogP contribution in [0.1, 0.15) is 25.7 Å². The number of carboxylic acids is 2. The maximum absolute atomic E-state index is 11.7. The number of carbonyl (C=O) groups excluding carboxylic acids is 4. The molecule has 0 bridgehead atoms. The van der Waals surface area contributed by atoms with Gasteiger partial charge in [0.25, 0.3) is 0 Å². The Morgan fingerprint density at radius 1 is 0.815 bits per heavy atom. The topological polar surface area (TPSA) is 231 Å². The highest BCUT2D eigenvalue weighted by Gasteiger charge is 2.20. The van der Waals surface area contributed by atoms with Crippen molar-refractivity contribution >= 4 is 35.6 Å². The molecule has 0 rings (SSSR count). The van der Waals surface area contributed by atoms with Crippen molar-refractivity contribution in [1.82, 2.24) is 16.0 Å². The van der Waals surface area contributed by atoms with E-state index in [1.165, 1.54) is 0 Å². The van der Waals surface area contributed by atoms with Gasteiger partial charge >= 0.3 is 11.9 Å². The second-order valence-corrected chi connectivity index (χ2v) is 5.49. The highest BCUT2D eigenvalue weighted by atomic mass is 16.4. The van der Waals surface area contributed by atoms with E-state index < -0.39 is 60.7 Å². The van der Waals surface area contributed by atoms with Gasteiger partial charge in [-0.3, -0.25) is 28.8 Å². The Bertz CT molecular complexity index is 594. The van der Waals surface area contributed by atoms with Crippen LogP contribution in [-0.4, -0.2) is 71.0 Å². The summed E-state index contributed by atoms with van der Waals surface area (Å²) in [4.78, 5) is 66.8. The molecule has 13 heteroatoms. The lowest BCUT2D eigenvalue weighted by Crippen LogP contribution is -2.49. The van der Waals surface area contributed by atoms with E-state index in [9.17, 15) is 28.8 Å². The van der Waals surface area contributed by atoms with Gasteiger partial charge in [0.1, 0.15) is 6.04 Å². The minimum Gasteiger partial charge on any atom is -0.481 e. The predicted octanol–water partition coefficient (Wildman–Crippen LogP) is -3.75. The molecule has 0 saturated heterocycles. The largest absolute Gasteiger partial charge is 0.481 e. The Balaban J connectivity index is 4.19. The second-order valence-electron chi connectivity index (χ2n) is 5.49. The fourth-order valence-corrected chi connectivity index (χ4v) is 1.75. The number of nitrogens with two attached hydrogens (primary N) is 2. The van der Waals surface area contributed by atoms with Gasteiger partial charge in [-0.1, -0.05) is 0 Å². The van der Waals surface area contributed by atoms with E-state index in [-0.39, 0.29) is 25.7 Å². The third kappa shape index (κ3) is 11.9. The molecule has 0 aromatic carbocycles. The molecule has 0 saturated carbocycles. The van der Waals surface area contributed by atoms with Gasteiger partial charge in [-0.15, -0.1) is 0 Å². The van der Waals surface area contributed by atoms with Crippen LogP contribution >= 0.6 is 0 Å². The van der Waals surface area contributed by atoms with Crippen molar-refractivity contribution < 1.29 is 39.0 Å². The smallest absolute Gasteiger partial charge is 0.303 e. The standard InChI is InChI=1S/C14H23N5O8/c15-7(1-3-11(22)23)14(27)18-5-9(20)17-6-10(21)19-8(13(16)26)2-4-12(24)25/h7-8H,1-6,15H2,(H2,16,26)(H,17,20)(H,18,27)(H,19,21)(H,22,23)(H,24,25)/t7-,8-/m0/s1. The summed E-state index contributed by atoms with van der Waals surface area (Å²) in [7, 11) is 0. The first-order valence-corrected chi connectivity index (χ1v) is 7.85. The first kappa shape index (κ1) is 23.8. The van der Waals surface area contributed by atoms with E-state index in [4.69, 9.17) is 21.7 Å². The zero-order chi connectivity index (χ0) is 21.0. The molecule has 27 heavy (non-hydrogen) atoms. The van der Waals surface area contributed by atoms with Crippen molar-refractivity contribution in [3.05, 3.63) is 0 Å². The quantitative estimate of drug-likeness (QED) is 0.164. The summed E-state index contributed by atoms with van der Waals surface area (Å²) in [5.74, 6) is -5.43. The average Bonchev–Trinajstić information content (AvgIpc) is 2.58. The van der Waals surface area contributed by atoms with Crippen LogP contribution in [0, 0.1) is 0 Å². The number of hydrogen-bond donors (Lipinski definition) is 7. The molecule has 152 valence electrons. The van der Waals surface area contributed by atoms with E-state index in [0.717, 1.165) is 0 Å². The second kappa shape index (κ2) is 12.2. The van der Waals surface area contributed by atoms with Gasteiger partial charge < -0.3 is 37.6 Å². The summed E-state index contributed by atoms with van der Waals surface area (Å²) in [5, 5.41) is 23.6. The van der Waals surface area contributed by atoms with E-state index >= 15 is 0 Å². The summed E-state index contributed by atoms with van der Waals surface area (Å²) in [6, 6.07) is -2.29. The lowest BCUT2D eigenvalue weighted by atomic mass is 10.1. The third-order valence-electron chi connectivity index (χ3n) is 3.20. The Labute approximate surface area is 153 Å². The molecule has 0 aliphatic rings. The monoisotopic (exact) mass is 389 g/mol. The minimum atomic E-state index is -1.20. The summed E-state index contributed by atoms with van der Waals surface area (Å²) < 4.78 is 0. The number of aliphatic carboxylic acids is 2. The first-order valence-electron chi connectivity index (χ1n) is 7.85. The van der Waals surface area contributed by atoms with Crippen molar-refractivity contribution in [2.24, 2.45) is 11.5 Å². The fraction of sp³-hybridized carbons (Fsp3) is 0.571. The van der Waals surface area contributed by atoms with Crippen LogP contribution in [0.3, 0.4) is 0 Å². The maximum Gasteiger partial charge on any atom is 0.303 e. The molecule has 9 N–H and O–H groups in total. The SMILES string of the molecule is NC(=O)[C@H](CCC(=O)O)NC(=O)CNC(=O)CNC(=O)[C@@H](N)CCC(=O)O. The van der Waals surface area contributed by atoms with Gasteiger partial charge in [0.2, 0.25) is 23.6 Å². The zero-order valence-corrected chi connectivity index (χ0v) is 14.4. The summed E-state index contributed by atoms with van der Waals surface area (Å²) >= 11 is 0. The minimum absolute atomic E-state index is 0.101. The number of nitrogens with one attached hydrogen (secondary N) is 3. The van der Waals surface area contributed by atoms with Crippen LogP contribution in [-0.2, 0) is 28.8 Å². The number of carbonyl (C=O) groups is 6. The molecule has 0 heterocycles. The number of hydrogen-bond acceptors (Lipinski definition) is 7. The lowest BCUT2D eigenvalue weighted by molar-refractivity contribution is -0.138. The Hall–Kier alpha value is -3.22. The van der Waals surface area contributed by atoms with Crippen molar-refractivity contribution in [1.29, 1.82) is 0 Å². The van der Waals surface area contributed by atoms with Gasteiger partial charge in [0.05, 0.1) is 19.1 Å². The van der Waals surface area contributed by atoms with Crippen LogP contribution in [0.15, 0.2) is 0 Å². The third-order valence-corrected chi connectivity index (χ3v) is 3.20. The van der Waals surface area contributed by atoms with E-state index in [1.807, 2.05) is 0 Å². The van der Waals surface area contributed by atoms with Crippen molar-refractivity contribution in [2.45, 2.75) is 37.8 Å². The zero-order valence-electron chi connectivity index (χ0n) is 14.4. The predicted molar refractivity (Wildman–Crippen MR) is 88.9 cm³/mol. The maximum atomic E-state index is 11.7. The van der Waals surface area contributed by atoms with Crippen LogP contribution in [0.4, 0.5) is 0 Å². The van der Waals surface area contributed by atoms with Crippen LogP contribution in [0.25, 0.3) is 0 Å². The van der Waals surface area contributed by atoms with Crippen LogP contribution in [0.2, 0.25) is 0 Å². The lowest BCUT2D eigenvalue weighted by Gasteiger charge is -2.15. The van der Waals surface area contributed by atoms with E-state index in [2.05, 4.69) is 16.0 Å². The average molecular weight is 389 g/mol. The number of primary amides is 1. The number of amides is 4. The molecule has 0 radical (unpaired) electrons. The summed E-state index contributed by atoms with van der Waals surface area (Å²) in [6.45, 7) is -1.03. The van der Waals surface area contributed by atoms with Gasteiger partial charge in [0, 0.05) is 12.8 Å². The molecule has 0 aliphatic carbocycles. The van der Waals surface area contributed by atoms with E-state index in [0.29, 0.717) is 0 Å². The Morgan fingerprint density at radius 2 is 1.33 bits per heavy atom. The fourth-order valence-electron chi connectivity index (χ4n) is 1.75. The molecular formula is C14H23N5O8. The number of rotatable bonds is 13. The molecule has 0 spiro atoms. The molecule has 4 amide bonds. The molecule has 13 nitrogen and oxygen atoms in total. The number of carboxylic acid groups (broad SMARTS) is 2. The molecule has 0 aromatic heterocycles. The molecule has 0 aliphatic heterocycles. The Morgan fingerprint density at radius 3 is 1.85 bits per heavy atom. The van der Waals surface area contributed by atoms with Gasteiger partial charge in [0.15, 0.2) is 0 Å².